The summed E-state index contributed by atoms with van der Waals surface area (Å²) in [6.07, 6.45) is 2.03. The number of nitrogens with one attached hydrogen (secondary N) is 3. The number of likely N-dealkylation sites (tertiary alicyclic amines) is 2. The molecule has 0 spiro atoms. The molecule has 0 aliphatic carbocycles. The molecule has 2 aliphatic rings. The van der Waals surface area contributed by atoms with Gasteiger partial charge in [0, 0.05) is 84.8 Å². The maximum Gasteiger partial charge on any atom is 0.302 e. The quantitative estimate of drug-likeness (QED) is 0.0853. The fraction of sp³-hybridized carbons (Fsp3) is 0.551. The summed E-state index contributed by atoms with van der Waals surface area (Å²) < 4.78 is 41.3. The predicted molar refractivity (Wildman–Crippen MR) is 239 cm³/mol. The van der Waals surface area contributed by atoms with Gasteiger partial charge in [0.05, 0.1) is 24.5 Å². The topological polar surface area (TPSA) is 171 Å². The van der Waals surface area contributed by atoms with Gasteiger partial charge in [0.2, 0.25) is 17.7 Å². The van der Waals surface area contributed by atoms with Crippen molar-refractivity contribution in [2.45, 2.75) is 144 Å². The number of hydrogen-bond donors (Lipinski definition) is 3. The maximum absolute atomic E-state index is 15.0. The third-order valence-electron chi connectivity index (χ3n) is 13.4. The Morgan fingerprint density at radius 1 is 0.688 bits per heavy atom. The molecule has 2 aromatic heterocycles. The second-order valence-corrected chi connectivity index (χ2v) is 17.8. The van der Waals surface area contributed by atoms with E-state index in [0.29, 0.717) is 71.7 Å². The van der Waals surface area contributed by atoms with E-state index in [-0.39, 0.29) is 67.7 Å². The van der Waals surface area contributed by atoms with Crippen molar-refractivity contribution < 1.29 is 47.0 Å². The van der Waals surface area contributed by atoms with Crippen LogP contribution in [0, 0.1) is 29.4 Å². The van der Waals surface area contributed by atoms with E-state index in [2.05, 4.69) is 15.3 Å². The van der Waals surface area contributed by atoms with Gasteiger partial charge in [-0.25, -0.2) is 8.78 Å². The molecule has 346 valence electrons. The Balaban J connectivity index is 1.44. The molecular formula is C49H63F2N5O8. The lowest BCUT2D eigenvalue weighted by molar-refractivity contribution is -0.147. The number of halogens is 2. The summed E-state index contributed by atoms with van der Waals surface area (Å²) >= 11 is 0. The molecule has 4 aromatic rings. The Hall–Kier alpha value is -5.60. The van der Waals surface area contributed by atoms with Crippen molar-refractivity contribution >= 4 is 57.2 Å². The van der Waals surface area contributed by atoms with Crippen LogP contribution in [0.25, 0.3) is 33.2 Å². The highest BCUT2D eigenvalue weighted by Crippen LogP contribution is 2.40. The number of rotatable bonds is 18. The largest absolute Gasteiger partial charge is 0.461 e. The molecule has 6 rings (SSSR count). The van der Waals surface area contributed by atoms with Crippen molar-refractivity contribution in [2.24, 2.45) is 17.8 Å². The number of Topliss-reactive ketones (excluding diaryl/α,β-unsaturated/α-hetero) is 1. The standard InChI is InChI=1S/C49H63F2N5O8/c1-9-26(5)44(59)17-30(11-3)48(61)55-24-35(63-28(7)57)20-33(55)22-39-37-15-13-31(50)18-42(37)52-45(39)46-40(38-16-14-32(51)19-43(38)53-46)23-34-21-36(64-29(8)58)25-56(34)49(62)41(12-4)54-47(60)27(6)10-2/h13-16,18-19,26-27,30,33-36,41,52-53H,9-12,17,20-25H2,1-8H3,(H,54,60)/t26-,27-,30-,33+,34+,35+,36+,41+/m1/s1. The van der Waals surface area contributed by atoms with E-state index in [9.17, 15) is 37.5 Å². The third-order valence-corrected chi connectivity index (χ3v) is 13.4. The molecule has 2 saturated heterocycles. The molecular weight excluding hydrogens is 825 g/mol. The van der Waals surface area contributed by atoms with Crippen LogP contribution in [0.2, 0.25) is 0 Å². The number of amides is 3. The number of aromatic nitrogens is 2. The monoisotopic (exact) mass is 887 g/mol. The molecule has 0 bridgehead atoms. The number of aromatic amines is 2. The van der Waals surface area contributed by atoms with Crippen LogP contribution in [-0.2, 0) is 51.1 Å². The number of carbonyl (C=O) groups excluding carboxylic acids is 6. The number of benzene rings is 2. The van der Waals surface area contributed by atoms with E-state index >= 15 is 0 Å². The number of ether oxygens (including phenoxy) is 2. The third kappa shape index (κ3) is 10.5. The highest BCUT2D eigenvalue weighted by Gasteiger charge is 2.43. The van der Waals surface area contributed by atoms with Crippen molar-refractivity contribution in [3.63, 3.8) is 0 Å². The zero-order valence-corrected chi connectivity index (χ0v) is 38.3. The van der Waals surface area contributed by atoms with Gasteiger partial charge in [0.25, 0.3) is 0 Å². The highest BCUT2D eigenvalue weighted by atomic mass is 19.1. The van der Waals surface area contributed by atoms with Gasteiger partial charge >= 0.3 is 11.9 Å². The Morgan fingerprint density at radius 2 is 1.16 bits per heavy atom. The van der Waals surface area contributed by atoms with E-state index in [1.165, 1.54) is 38.1 Å². The Morgan fingerprint density at radius 3 is 1.58 bits per heavy atom. The molecule has 0 saturated carbocycles. The molecule has 0 radical (unpaired) electrons. The van der Waals surface area contributed by atoms with Crippen LogP contribution in [0.15, 0.2) is 36.4 Å². The fourth-order valence-corrected chi connectivity index (χ4v) is 9.44. The van der Waals surface area contributed by atoms with Crippen LogP contribution in [0.1, 0.15) is 111 Å². The summed E-state index contributed by atoms with van der Waals surface area (Å²) in [4.78, 5) is 89.7. The summed E-state index contributed by atoms with van der Waals surface area (Å²) in [5, 5.41) is 4.28. The normalized spacial score (nSPS) is 20.6. The first kappa shape index (κ1) is 47.9. The minimum Gasteiger partial charge on any atom is -0.461 e. The van der Waals surface area contributed by atoms with Crippen molar-refractivity contribution in [3.05, 3.63) is 59.2 Å². The van der Waals surface area contributed by atoms with Crippen molar-refractivity contribution in [1.29, 1.82) is 0 Å². The van der Waals surface area contributed by atoms with E-state index in [4.69, 9.17) is 9.47 Å². The highest BCUT2D eigenvalue weighted by molar-refractivity contribution is 5.97. The van der Waals surface area contributed by atoms with Crippen LogP contribution in [0.3, 0.4) is 0 Å². The summed E-state index contributed by atoms with van der Waals surface area (Å²) in [5.74, 6) is -3.71. The summed E-state index contributed by atoms with van der Waals surface area (Å²) in [6.45, 7) is 14.1. The molecule has 3 N–H and O–H groups in total. The molecule has 2 aromatic carbocycles. The molecule has 13 nitrogen and oxygen atoms in total. The van der Waals surface area contributed by atoms with E-state index < -0.39 is 59.8 Å². The second-order valence-electron chi connectivity index (χ2n) is 17.8. The first-order valence-electron chi connectivity index (χ1n) is 22.8. The summed E-state index contributed by atoms with van der Waals surface area (Å²) in [5.41, 5.74) is 3.53. The molecule has 8 atom stereocenters. The van der Waals surface area contributed by atoms with Crippen molar-refractivity contribution in [2.75, 3.05) is 13.1 Å². The minimum absolute atomic E-state index is 0.0152. The minimum atomic E-state index is -0.819. The fourth-order valence-electron chi connectivity index (χ4n) is 9.44. The zero-order chi connectivity index (χ0) is 46.6. The number of fused-ring (bicyclic) bond motifs is 2. The molecule has 3 amide bonds. The molecule has 4 heterocycles. The second kappa shape index (κ2) is 20.5. The average molecular weight is 888 g/mol. The van der Waals surface area contributed by atoms with E-state index in [0.717, 1.165) is 11.1 Å². The zero-order valence-electron chi connectivity index (χ0n) is 38.3. The van der Waals surface area contributed by atoms with Gasteiger partial charge < -0.3 is 34.6 Å². The van der Waals surface area contributed by atoms with Crippen LogP contribution < -0.4 is 5.32 Å². The lowest BCUT2D eigenvalue weighted by Crippen LogP contribution is -2.51. The number of carbonyl (C=O) groups is 6. The Kier molecular flexibility index (Phi) is 15.3. The first-order valence-corrected chi connectivity index (χ1v) is 22.8. The maximum atomic E-state index is 15.0. The van der Waals surface area contributed by atoms with Crippen molar-refractivity contribution in [1.82, 2.24) is 25.1 Å². The van der Waals surface area contributed by atoms with Gasteiger partial charge in [-0.3, -0.25) is 28.8 Å². The number of H-pyrrole nitrogens is 2. The van der Waals surface area contributed by atoms with Gasteiger partial charge in [-0.1, -0.05) is 41.5 Å². The number of nitrogens with zero attached hydrogens (tertiary/aromatic N) is 2. The Labute approximate surface area is 373 Å². The number of ketones is 1. The average Bonchev–Trinajstić information content (AvgIpc) is 4.03. The summed E-state index contributed by atoms with van der Waals surface area (Å²) in [7, 11) is 0. The van der Waals surface area contributed by atoms with Gasteiger partial charge in [0.1, 0.15) is 35.7 Å². The SMILES string of the molecule is CC[C@H](CC(=O)[C@H](C)CC)C(=O)N1C[C@@H](OC(C)=O)C[C@H]1Cc1c(-c2[nH]c3cc(F)ccc3c2C[C@@H]2C[C@H](OC(C)=O)CN2C(=O)[C@H](CC)NC(=O)[C@H](C)CC)[nH]c2cc(F)ccc12. The number of hydrogen-bond acceptors (Lipinski definition) is 8. The first-order chi connectivity index (χ1) is 30.5. The van der Waals surface area contributed by atoms with Gasteiger partial charge in [0.15, 0.2) is 0 Å². The molecule has 2 fully saturated rings. The predicted octanol–water partition coefficient (Wildman–Crippen LogP) is 7.72. The van der Waals surface area contributed by atoms with Crippen LogP contribution in [0.4, 0.5) is 8.78 Å². The summed E-state index contributed by atoms with van der Waals surface area (Å²) in [6, 6.07) is 7.00. The van der Waals surface area contributed by atoms with E-state index in [1.807, 2.05) is 34.6 Å². The van der Waals surface area contributed by atoms with Crippen LogP contribution in [-0.4, -0.2) is 98.6 Å². The lowest BCUT2D eigenvalue weighted by Gasteiger charge is -2.29. The lowest BCUT2D eigenvalue weighted by atomic mass is 9.90. The molecule has 15 heteroatoms. The number of esters is 2. The van der Waals surface area contributed by atoms with Gasteiger partial charge in [-0.15, -0.1) is 0 Å². The molecule has 64 heavy (non-hydrogen) atoms. The van der Waals surface area contributed by atoms with Gasteiger partial charge in [-0.2, -0.15) is 0 Å². The molecule has 2 aliphatic heterocycles. The smallest absolute Gasteiger partial charge is 0.302 e. The molecule has 0 unspecified atom stereocenters. The van der Waals surface area contributed by atoms with E-state index in [1.54, 1.807) is 28.9 Å². The van der Waals surface area contributed by atoms with Crippen LogP contribution >= 0.6 is 0 Å². The van der Waals surface area contributed by atoms with Crippen LogP contribution in [0.5, 0.6) is 0 Å². The van der Waals surface area contributed by atoms with Gasteiger partial charge in [-0.05, 0) is 86.1 Å². The van der Waals surface area contributed by atoms with Crippen molar-refractivity contribution in [3.8, 4) is 11.4 Å². The Bertz CT molecular complexity index is 2230.